The van der Waals surface area contributed by atoms with E-state index in [2.05, 4.69) is 0 Å². The van der Waals surface area contributed by atoms with Gasteiger partial charge < -0.3 is 10.6 Å². The molecule has 1 aromatic rings. The lowest BCUT2D eigenvalue weighted by atomic mass is 9.81. The Kier molecular flexibility index (Phi) is 4.79. The fourth-order valence-corrected chi connectivity index (χ4v) is 6.57. The van der Waals surface area contributed by atoms with Crippen LogP contribution in [0.25, 0.3) is 0 Å². The van der Waals surface area contributed by atoms with Crippen molar-refractivity contribution >= 4 is 15.9 Å². The van der Waals surface area contributed by atoms with Crippen LogP contribution in [0.3, 0.4) is 0 Å². The fraction of sp³-hybridized carbons (Fsp3) is 0.632. The van der Waals surface area contributed by atoms with Crippen LogP contribution in [-0.2, 0) is 21.4 Å². The van der Waals surface area contributed by atoms with Crippen molar-refractivity contribution in [3.05, 3.63) is 29.8 Å². The van der Waals surface area contributed by atoms with Gasteiger partial charge in [-0.05, 0) is 56.1 Å². The van der Waals surface area contributed by atoms with Crippen LogP contribution < -0.4 is 5.73 Å². The van der Waals surface area contributed by atoms with Crippen molar-refractivity contribution in [1.82, 2.24) is 9.21 Å². The van der Waals surface area contributed by atoms with Crippen molar-refractivity contribution < 1.29 is 13.2 Å². The minimum Gasteiger partial charge on any atom is -0.341 e. The number of benzene rings is 1. The van der Waals surface area contributed by atoms with Gasteiger partial charge in [0.05, 0.1) is 10.9 Å². The first-order chi connectivity index (χ1) is 12.5. The van der Waals surface area contributed by atoms with Gasteiger partial charge in [-0.2, -0.15) is 4.31 Å². The van der Waals surface area contributed by atoms with Gasteiger partial charge in [0.2, 0.25) is 15.9 Å². The first kappa shape index (κ1) is 17.9. The van der Waals surface area contributed by atoms with Gasteiger partial charge in [0.1, 0.15) is 0 Å². The summed E-state index contributed by atoms with van der Waals surface area (Å²) in [6.07, 6.45) is 5.32. The second-order valence-corrected chi connectivity index (χ2v) is 9.64. The van der Waals surface area contributed by atoms with Crippen LogP contribution in [0.1, 0.15) is 44.1 Å². The average Bonchev–Trinajstić information content (AvgIpc) is 3.28. The van der Waals surface area contributed by atoms with Gasteiger partial charge in [-0.3, -0.25) is 4.79 Å². The standard InChI is InChI=1S/C19H27N3O3S/c20-18(19(23)21-11-3-4-12-21)14-7-9-16(10-8-14)22-13-15-5-1-2-6-17(15)26(22,24)25/h1-2,5-6,14,16,18H,3-4,7-13,20H2/t14-,16-,18-/m0/s1. The number of sulfonamides is 1. The molecule has 1 amide bonds. The third-order valence-corrected chi connectivity index (χ3v) is 8.24. The van der Waals surface area contributed by atoms with Gasteiger partial charge in [-0.1, -0.05) is 18.2 Å². The maximum Gasteiger partial charge on any atom is 0.243 e. The van der Waals surface area contributed by atoms with Gasteiger partial charge in [0.25, 0.3) is 0 Å². The Bertz CT molecular complexity index is 781. The summed E-state index contributed by atoms with van der Waals surface area (Å²) < 4.78 is 27.3. The number of carbonyl (C=O) groups is 1. The Morgan fingerprint density at radius 3 is 2.38 bits per heavy atom. The maximum atomic E-state index is 12.8. The number of amides is 1. The molecule has 142 valence electrons. The van der Waals surface area contributed by atoms with Crippen molar-refractivity contribution in [3.8, 4) is 0 Å². The molecule has 0 bridgehead atoms. The highest BCUT2D eigenvalue weighted by molar-refractivity contribution is 7.89. The number of nitrogens with zero attached hydrogens (tertiary/aromatic N) is 2. The zero-order valence-corrected chi connectivity index (χ0v) is 15.8. The van der Waals surface area contributed by atoms with E-state index in [9.17, 15) is 13.2 Å². The van der Waals surface area contributed by atoms with E-state index in [-0.39, 0.29) is 17.9 Å². The van der Waals surface area contributed by atoms with Crippen LogP contribution >= 0.6 is 0 Å². The van der Waals surface area contributed by atoms with E-state index < -0.39 is 16.1 Å². The van der Waals surface area contributed by atoms with E-state index in [1.165, 1.54) is 0 Å². The summed E-state index contributed by atoms with van der Waals surface area (Å²) in [6.45, 7) is 2.12. The van der Waals surface area contributed by atoms with Gasteiger partial charge in [-0.25, -0.2) is 8.42 Å². The number of hydrogen-bond acceptors (Lipinski definition) is 4. The second kappa shape index (κ2) is 6.94. The quantitative estimate of drug-likeness (QED) is 0.869. The summed E-state index contributed by atoms with van der Waals surface area (Å²) in [7, 11) is -3.39. The Balaban J connectivity index is 1.39. The van der Waals surface area contributed by atoms with Gasteiger partial charge in [0, 0.05) is 25.7 Å². The number of likely N-dealkylation sites (tertiary alicyclic amines) is 1. The maximum absolute atomic E-state index is 12.8. The van der Waals surface area contributed by atoms with E-state index in [1.807, 2.05) is 17.0 Å². The summed E-state index contributed by atoms with van der Waals surface area (Å²) in [5.41, 5.74) is 7.15. The first-order valence-corrected chi connectivity index (χ1v) is 11.1. The van der Waals surface area contributed by atoms with E-state index in [1.54, 1.807) is 16.4 Å². The Morgan fingerprint density at radius 1 is 1.08 bits per heavy atom. The van der Waals surface area contributed by atoms with Crippen LogP contribution in [-0.4, -0.2) is 48.7 Å². The third kappa shape index (κ3) is 3.06. The lowest BCUT2D eigenvalue weighted by Crippen LogP contribution is -2.49. The Hall–Kier alpha value is -1.44. The highest BCUT2D eigenvalue weighted by Crippen LogP contribution is 2.38. The van der Waals surface area contributed by atoms with E-state index in [0.29, 0.717) is 11.4 Å². The van der Waals surface area contributed by atoms with Crippen LogP contribution in [0.15, 0.2) is 29.2 Å². The van der Waals surface area contributed by atoms with E-state index >= 15 is 0 Å². The molecule has 0 spiro atoms. The molecule has 1 aliphatic carbocycles. The number of fused-ring (bicyclic) bond motifs is 1. The molecule has 0 radical (unpaired) electrons. The topological polar surface area (TPSA) is 83.7 Å². The molecule has 2 aliphatic heterocycles. The highest BCUT2D eigenvalue weighted by atomic mass is 32.2. The van der Waals surface area contributed by atoms with Gasteiger partial charge >= 0.3 is 0 Å². The summed E-state index contributed by atoms with van der Waals surface area (Å²) >= 11 is 0. The monoisotopic (exact) mass is 377 g/mol. The molecule has 0 unspecified atom stereocenters. The SMILES string of the molecule is N[C@H](C(=O)N1CCCC1)[C@H]1CC[C@H](N2Cc3ccccc3S2(=O)=O)CC1. The lowest BCUT2D eigenvalue weighted by Gasteiger charge is -2.36. The van der Waals surface area contributed by atoms with Crippen LogP contribution in [0.4, 0.5) is 0 Å². The van der Waals surface area contributed by atoms with Crippen LogP contribution in [0.2, 0.25) is 0 Å². The number of nitrogens with two attached hydrogens (primary N) is 1. The van der Waals surface area contributed by atoms with Crippen molar-refractivity contribution in [3.63, 3.8) is 0 Å². The van der Waals surface area contributed by atoms with E-state index in [0.717, 1.165) is 57.2 Å². The molecule has 26 heavy (non-hydrogen) atoms. The predicted molar refractivity (Wildman–Crippen MR) is 98.7 cm³/mol. The van der Waals surface area contributed by atoms with Crippen LogP contribution in [0.5, 0.6) is 0 Å². The minimum atomic E-state index is -3.39. The molecule has 2 fully saturated rings. The molecule has 2 N–H and O–H groups in total. The number of rotatable bonds is 3. The smallest absolute Gasteiger partial charge is 0.243 e. The van der Waals surface area contributed by atoms with Crippen molar-refractivity contribution in [2.75, 3.05) is 13.1 Å². The summed E-state index contributed by atoms with van der Waals surface area (Å²) in [5.74, 6) is 0.235. The average molecular weight is 378 g/mol. The van der Waals surface area contributed by atoms with Crippen LogP contribution in [0, 0.1) is 5.92 Å². The minimum absolute atomic E-state index is 0.0118. The van der Waals surface area contributed by atoms with Gasteiger partial charge in [0.15, 0.2) is 0 Å². The number of hydrogen-bond donors (Lipinski definition) is 1. The molecular weight excluding hydrogens is 350 g/mol. The number of carbonyl (C=O) groups excluding carboxylic acids is 1. The molecule has 4 rings (SSSR count). The molecule has 7 heteroatoms. The molecule has 6 nitrogen and oxygen atoms in total. The molecular formula is C19H27N3O3S. The fourth-order valence-electron chi connectivity index (χ4n) is 4.69. The largest absolute Gasteiger partial charge is 0.341 e. The first-order valence-electron chi connectivity index (χ1n) is 9.62. The lowest BCUT2D eigenvalue weighted by molar-refractivity contribution is -0.133. The summed E-state index contributed by atoms with van der Waals surface area (Å²) in [4.78, 5) is 14.9. The zero-order valence-electron chi connectivity index (χ0n) is 15.0. The highest BCUT2D eigenvalue weighted by Gasteiger charge is 2.41. The molecule has 1 saturated carbocycles. The Labute approximate surface area is 155 Å². The Morgan fingerprint density at radius 2 is 1.73 bits per heavy atom. The molecule has 3 aliphatic rings. The normalized spacial score (nSPS) is 29.5. The molecule has 2 heterocycles. The van der Waals surface area contributed by atoms with Crippen molar-refractivity contribution in [2.24, 2.45) is 11.7 Å². The van der Waals surface area contributed by atoms with Crippen molar-refractivity contribution in [2.45, 2.75) is 62.0 Å². The molecule has 1 saturated heterocycles. The predicted octanol–water partition coefficient (Wildman–Crippen LogP) is 1.70. The zero-order chi connectivity index (χ0) is 18.3. The molecule has 0 aromatic heterocycles. The van der Waals surface area contributed by atoms with E-state index in [4.69, 9.17) is 5.73 Å². The second-order valence-electron chi connectivity index (χ2n) is 7.78. The third-order valence-electron chi connectivity index (χ3n) is 6.24. The van der Waals surface area contributed by atoms with Crippen molar-refractivity contribution in [1.29, 1.82) is 0 Å². The van der Waals surface area contributed by atoms with Gasteiger partial charge in [-0.15, -0.1) is 0 Å². The summed E-state index contributed by atoms with van der Waals surface area (Å²) in [6, 6.07) is 6.82. The molecule has 1 aromatic carbocycles. The molecule has 1 atom stereocenters. The summed E-state index contributed by atoms with van der Waals surface area (Å²) in [5, 5.41) is 0.